The van der Waals surface area contributed by atoms with Crippen molar-refractivity contribution >= 4 is 11.6 Å². The summed E-state index contributed by atoms with van der Waals surface area (Å²) in [7, 11) is 0. The van der Waals surface area contributed by atoms with Gasteiger partial charge in [0.25, 0.3) is 0 Å². The molecule has 0 aliphatic rings. The number of nitrogens with two attached hydrogens (primary N) is 1. The van der Waals surface area contributed by atoms with Crippen LogP contribution in [-0.2, 0) is 0 Å². The van der Waals surface area contributed by atoms with Crippen LogP contribution in [0.15, 0.2) is 48.5 Å². The lowest BCUT2D eigenvalue weighted by Gasteiger charge is -2.08. The van der Waals surface area contributed by atoms with Crippen LogP contribution in [0.4, 0.5) is 0 Å². The summed E-state index contributed by atoms with van der Waals surface area (Å²) >= 11 is 5.88. The van der Waals surface area contributed by atoms with Crippen LogP contribution in [0.5, 0.6) is 0 Å². The number of halogens is 1. The van der Waals surface area contributed by atoms with E-state index in [9.17, 15) is 0 Å². The van der Waals surface area contributed by atoms with Gasteiger partial charge < -0.3 is 5.73 Å². The third-order valence-electron chi connectivity index (χ3n) is 3.34. The molecule has 0 saturated heterocycles. The SMILES string of the molecule is Cc1ccc(-c2n[nH]c(C(N)c3ccc(Cl)cc3)n2)cc1. The topological polar surface area (TPSA) is 67.6 Å². The fourth-order valence-electron chi connectivity index (χ4n) is 2.07. The third kappa shape index (κ3) is 2.96. The van der Waals surface area contributed by atoms with Crippen LogP contribution in [0.2, 0.25) is 5.02 Å². The zero-order valence-corrected chi connectivity index (χ0v) is 12.3. The Labute approximate surface area is 128 Å². The Morgan fingerprint density at radius 1 is 1.05 bits per heavy atom. The van der Waals surface area contributed by atoms with Crippen molar-refractivity contribution in [3.63, 3.8) is 0 Å². The monoisotopic (exact) mass is 298 g/mol. The number of nitrogens with one attached hydrogen (secondary N) is 1. The molecule has 1 unspecified atom stereocenters. The highest BCUT2D eigenvalue weighted by molar-refractivity contribution is 6.30. The van der Waals surface area contributed by atoms with Crippen LogP contribution in [0, 0.1) is 6.92 Å². The second-order valence-electron chi connectivity index (χ2n) is 4.94. The first-order chi connectivity index (χ1) is 10.1. The summed E-state index contributed by atoms with van der Waals surface area (Å²) in [6.45, 7) is 2.05. The van der Waals surface area contributed by atoms with Gasteiger partial charge in [-0.25, -0.2) is 4.98 Å². The molecule has 3 aromatic rings. The van der Waals surface area contributed by atoms with Crippen LogP contribution in [0.3, 0.4) is 0 Å². The standard InChI is InChI=1S/C16H15ClN4/c1-10-2-4-12(5-3-10)15-19-16(21-20-15)14(18)11-6-8-13(17)9-7-11/h2-9,14H,18H2,1H3,(H,19,20,21). The van der Waals surface area contributed by atoms with Crippen molar-refractivity contribution in [2.75, 3.05) is 0 Å². The summed E-state index contributed by atoms with van der Waals surface area (Å²) in [4.78, 5) is 4.48. The van der Waals surface area contributed by atoms with Crippen molar-refractivity contribution in [1.29, 1.82) is 0 Å². The molecule has 0 fully saturated rings. The van der Waals surface area contributed by atoms with Crippen LogP contribution >= 0.6 is 11.6 Å². The number of aryl methyl sites for hydroxylation is 1. The lowest BCUT2D eigenvalue weighted by molar-refractivity contribution is 0.787. The number of aromatic nitrogens is 3. The number of hydrogen-bond acceptors (Lipinski definition) is 3. The molecule has 0 amide bonds. The molecule has 1 heterocycles. The fraction of sp³-hybridized carbons (Fsp3) is 0.125. The lowest BCUT2D eigenvalue weighted by Crippen LogP contribution is -2.13. The Morgan fingerprint density at radius 2 is 1.71 bits per heavy atom. The molecule has 0 spiro atoms. The number of aromatic amines is 1. The molecule has 3 N–H and O–H groups in total. The van der Waals surface area contributed by atoms with Gasteiger partial charge in [-0.2, -0.15) is 5.10 Å². The summed E-state index contributed by atoms with van der Waals surface area (Å²) < 4.78 is 0. The van der Waals surface area contributed by atoms with E-state index in [1.807, 2.05) is 55.5 Å². The van der Waals surface area contributed by atoms with Gasteiger partial charge in [0.2, 0.25) is 0 Å². The maximum absolute atomic E-state index is 6.21. The van der Waals surface area contributed by atoms with E-state index in [1.165, 1.54) is 5.56 Å². The average molecular weight is 299 g/mol. The number of nitrogens with zero attached hydrogens (tertiary/aromatic N) is 2. The van der Waals surface area contributed by atoms with E-state index in [0.717, 1.165) is 11.1 Å². The second-order valence-corrected chi connectivity index (χ2v) is 5.38. The first-order valence-corrected chi connectivity index (χ1v) is 7.01. The fourth-order valence-corrected chi connectivity index (χ4v) is 2.20. The van der Waals surface area contributed by atoms with Crippen LogP contribution in [-0.4, -0.2) is 15.2 Å². The highest BCUT2D eigenvalue weighted by atomic mass is 35.5. The van der Waals surface area contributed by atoms with E-state index in [-0.39, 0.29) is 6.04 Å². The van der Waals surface area contributed by atoms with E-state index in [1.54, 1.807) is 0 Å². The Morgan fingerprint density at radius 3 is 2.38 bits per heavy atom. The molecule has 0 aliphatic carbocycles. The molecular formula is C16H15ClN4. The van der Waals surface area contributed by atoms with Gasteiger partial charge in [-0.15, -0.1) is 0 Å². The Hall–Kier alpha value is -2.17. The number of rotatable bonds is 3. The smallest absolute Gasteiger partial charge is 0.181 e. The summed E-state index contributed by atoms with van der Waals surface area (Å²) in [5, 5.41) is 7.83. The Kier molecular flexibility index (Phi) is 3.73. The molecule has 1 atom stereocenters. The van der Waals surface area contributed by atoms with Crippen LogP contribution in [0.25, 0.3) is 11.4 Å². The number of hydrogen-bond donors (Lipinski definition) is 2. The van der Waals surface area contributed by atoms with E-state index < -0.39 is 0 Å². The van der Waals surface area contributed by atoms with Gasteiger partial charge in [0.15, 0.2) is 5.82 Å². The van der Waals surface area contributed by atoms with Crippen molar-refractivity contribution in [3.8, 4) is 11.4 Å². The molecule has 3 rings (SSSR count). The minimum absolute atomic E-state index is 0.353. The van der Waals surface area contributed by atoms with Crippen molar-refractivity contribution in [2.45, 2.75) is 13.0 Å². The van der Waals surface area contributed by atoms with Gasteiger partial charge in [0, 0.05) is 10.6 Å². The van der Waals surface area contributed by atoms with Crippen molar-refractivity contribution < 1.29 is 0 Å². The molecule has 106 valence electrons. The van der Waals surface area contributed by atoms with E-state index in [4.69, 9.17) is 17.3 Å². The molecular weight excluding hydrogens is 284 g/mol. The molecule has 0 aliphatic heterocycles. The highest BCUT2D eigenvalue weighted by Gasteiger charge is 2.14. The molecule has 0 radical (unpaired) electrons. The predicted molar refractivity (Wildman–Crippen MR) is 84.0 cm³/mol. The van der Waals surface area contributed by atoms with Crippen molar-refractivity contribution in [1.82, 2.24) is 15.2 Å². The quantitative estimate of drug-likeness (QED) is 0.778. The number of H-pyrrole nitrogens is 1. The van der Waals surface area contributed by atoms with Crippen molar-refractivity contribution in [2.24, 2.45) is 5.73 Å². The molecule has 0 saturated carbocycles. The summed E-state index contributed by atoms with van der Waals surface area (Å²) in [6, 6.07) is 15.1. The first-order valence-electron chi connectivity index (χ1n) is 6.64. The maximum Gasteiger partial charge on any atom is 0.181 e. The molecule has 0 bridgehead atoms. The second kappa shape index (κ2) is 5.68. The van der Waals surface area contributed by atoms with Gasteiger partial charge in [0.05, 0.1) is 6.04 Å². The van der Waals surface area contributed by atoms with E-state index in [0.29, 0.717) is 16.7 Å². The third-order valence-corrected chi connectivity index (χ3v) is 3.59. The zero-order chi connectivity index (χ0) is 14.8. The Balaban J connectivity index is 1.87. The highest BCUT2D eigenvalue weighted by Crippen LogP contribution is 2.21. The lowest BCUT2D eigenvalue weighted by atomic mass is 10.1. The zero-order valence-electron chi connectivity index (χ0n) is 11.5. The minimum atomic E-state index is -0.353. The molecule has 4 nitrogen and oxygen atoms in total. The molecule has 21 heavy (non-hydrogen) atoms. The largest absolute Gasteiger partial charge is 0.318 e. The molecule has 2 aromatic carbocycles. The van der Waals surface area contributed by atoms with E-state index in [2.05, 4.69) is 15.2 Å². The van der Waals surface area contributed by atoms with Gasteiger partial charge in [-0.1, -0.05) is 53.6 Å². The van der Waals surface area contributed by atoms with Gasteiger partial charge in [-0.05, 0) is 24.6 Å². The summed E-state index contributed by atoms with van der Waals surface area (Å²) in [5.74, 6) is 1.28. The first kappa shape index (κ1) is 13.8. The minimum Gasteiger partial charge on any atom is -0.318 e. The average Bonchev–Trinajstić information content (AvgIpc) is 2.98. The van der Waals surface area contributed by atoms with E-state index >= 15 is 0 Å². The van der Waals surface area contributed by atoms with Gasteiger partial charge >= 0.3 is 0 Å². The van der Waals surface area contributed by atoms with Crippen molar-refractivity contribution in [3.05, 3.63) is 70.5 Å². The summed E-state index contributed by atoms with van der Waals surface area (Å²) in [6.07, 6.45) is 0. The van der Waals surface area contributed by atoms with Crippen LogP contribution < -0.4 is 5.73 Å². The predicted octanol–water partition coefficient (Wildman–Crippen LogP) is 3.48. The van der Waals surface area contributed by atoms with Gasteiger partial charge in [-0.3, -0.25) is 5.10 Å². The normalized spacial score (nSPS) is 12.3. The van der Waals surface area contributed by atoms with Crippen LogP contribution in [0.1, 0.15) is 23.0 Å². The molecule has 1 aromatic heterocycles. The summed E-state index contributed by atoms with van der Waals surface area (Å²) in [5.41, 5.74) is 9.31. The maximum atomic E-state index is 6.21. The van der Waals surface area contributed by atoms with Gasteiger partial charge in [0.1, 0.15) is 5.82 Å². The number of benzene rings is 2. The Bertz CT molecular complexity index is 732. The molecule has 5 heteroatoms.